The van der Waals surface area contributed by atoms with E-state index < -0.39 is 12.2 Å². The molecule has 0 bridgehead atoms. The van der Waals surface area contributed by atoms with Crippen molar-refractivity contribution >= 4 is 17.9 Å². The Balaban J connectivity index is 0.000000247. The zero-order valence-electron chi connectivity index (χ0n) is 16.8. The summed E-state index contributed by atoms with van der Waals surface area (Å²) in [6, 6.07) is 4.38. The fourth-order valence-corrected chi connectivity index (χ4v) is 2.74. The third-order valence-electron chi connectivity index (χ3n) is 4.75. The van der Waals surface area contributed by atoms with E-state index in [1.807, 2.05) is 16.8 Å². The first kappa shape index (κ1) is 23.6. The van der Waals surface area contributed by atoms with Gasteiger partial charge >= 0.3 is 12.2 Å². The molecule has 12 nitrogen and oxygen atoms in total. The van der Waals surface area contributed by atoms with Crippen LogP contribution in [0.4, 0.5) is 10.1 Å². The van der Waals surface area contributed by atoms with E-state index in [9.17, 15) is 9.18 Å². The zero-order valence-corrected chi connectivity index (χ0v) is 16.8. The molecule has 0 aliphatic heterocycles. The predicted molar refractivity (Wildman–Crippen MR) is 107 cm³/mol. The summed E-state index contributed by atoms with van der Waals surface area (Å²) in [7, 11) is 0.667. The molecule has 0 radical (unpaired) electrons. The summed E-state index contributed by atoms with van der Waals surface area (Å²) < 4.78 is 15.9. The first-order valence-corrected chi connectivity index (χ1v) is 9.33. The van der Waals surface area contributed by atoms with Crippen LogP contribution in [0, 0.1) is 5.82 Å². The number of benzene rings is 1. The van der Waals surface area contributed by atoms with Gasteiger partial charge in [-0.1, -0.05) is 0 Å². The number of carbonyl (C=O) groups excluding carboxylic acids is 1. The Morgan fingerprint density at radius 2 is 1.81 bits per heavy atom. The third kappa shape index (κ3) is 5.60. The van der Waals surface area contributed by atoms with E-state index in [1.165, 1.54) is 30.5 Å². The smallest absolute Gasteiger partial charge is 0.330 e. The summed E-state index contributed by atoms with van der Waals surface area (Å²) in [5, 5.41) is 51.6. The second-order valence-corrected chi connectivity index (χ2v) is 7.21. The Bertz CT molecular complexity index is 1090. The molecule has 172 valence electrons. The molecule has 0 unspecified atom stereocenters. The molecule has 1 fully saturated rings. The Morgan fingerprint density at radius 1 is 1.16 bits per heavy atom. The summed E-state index contributed by atoms with van der Waals surface area (Å²) in [5.41, 5.74) is 2.54. The van der Waals surface area contributed by atoms with Crippen LogP contribution in [0.15, 0.2) is 36.8 Å². The first-order valence-electron chi connectivity index (χ1n) is 9.33. The van der Waals surface area contributed by atoms with Crippen LogP contribution in [0.1, 0.15) is 24.3 Å². The molecule has 0 spiro atoms. The van der Waals surface area contributed by atoms with Gasteiger partial charge in [-0.2, -0.15) is 4.90 Å². The Hall–Kier alpha value is -3.04. The van der Waals surface area contributed by atoms with Crippen molar-refractivity contribution in [2.75, 3.05) is 12.4 Å². The SMILES string of the molecule is CN(C(O)(O)O)C(O)(O)O.O=CNc1ccc(F)c(-c2cn3cc(C4CC4)cnc3n2)c1. The van der Waals surface area contributed by atoms with Gasteiger partial charge < -0.3 is 36.0 Å². The molecule has 1 aliphatic carbocycles. The molecule has 1 amide bonds. The van der Waals surface area contributed by atoms with Crippen LogP contribution in [0.2, 0.25) is 0 Å². The number of nitrogens with one attached hydrogen (secondary N) is 1. The van der Waals surface area contributed by atoms with E-state index >= 15 is 0 Å². The Morgan fingerprint density at radius 3 is 2.34 bits per heavy atom. The predicted octanol–water partition coefficient (Wildman–Crippen LogP) is -0.924. The van der Waals surface area contributed by atoms with Gasteiger partial charge in [0.25, 0.3) is 0 Å². The van der Waals surface area contributed by atoms with Gasteiger partial charge in [0.2, 0.25) is 12.2 Å². The molecule has 7 N–H and O–H groups in total. The van der Waals surface area contributed by atoms with Crippen LogP contribution in [0.5, 0.6) is 0 Å². The van der Waals surface area contributed by atoms with Crippen LogP contribution >= 0.6 is 0 Å². The van der Waals surface area contributed by atoms with Gasteiger partial charge in [0.05, 0.1) is 5.69 Å². The van der Waals surface area contributed by atoms with E-state index in [4.69, 9.17) is 30.6 Å². The number of imidazole rings is 1. The van der Waals surface area contributed by atoms with Crippen LogP contribution in [0.25, 0.3) is 17.0 Å². The molecule has 3 aromatic rings. The molecule has 1 aliphatic rings. The minimum Gasteiger partial charge on any atom is -0.330 e. The summed E-state index contributed by atoms with van der Waals surface area (Å²) >= 11 is 0. The van der Waals surface area contributed by atoms with Crippen molar-refractivity contribution in [3.05, 3.63) is 48.2 Å². The number of rotatable bonds is 6. The molecule has 2 heterocycles. The topological polar surface area (TPSA) is 184 Å². The summed E-state index contributed by atoms with van der Waals surface area (Å²) in [4.78, 5) is 18.9. The monoisotopic (exact) mass is 451 g/mol. The largest absolute Gasteiger partial charge is 0.351 e. The molecular weight excluding hydrogens is 429 g/mol. The number of anilines is 1. The van der Waals surface area contributed by atoms with E-state index in [-0.39, 0.29) is 10.7 Å². The maximum Gasteiger partial charge on any atom is 0.351 e. The standard InChI is InChI=1S/C16H13FN4O.C3H9NO6/c17-14-4-3-12(19-9-22)5-13(14)15-8-21-7-11(10-1-2-10)6-18-16(21)20-15;1-4(2(5,6)7)3(8,9)10/h3-10H,1-2H2,(H,19,22);5-10H,1H3. The molecule has 1 saturated carbocycles. The number of amides is 1. The zero-order chi connectivity index (χ0) is 23.7. The number of carbonyl (C=O) groups is 1. The van der Waals surface area contributed by atoms with E-state index in [0.717, 1.165) is 0 Å². The van der Waals surface area contributed by atoms with Crippen molar-refractivity contribution in [3.63, 3.8) is 0 Å². The van der Waals surface area contributed by atoms with Crippen molar-refractivity contribution in [2.24, 2.45) is 0 Å². The highest BCUT2D eigenvalue weighted by Gasteiger charge is 2.40. The second kappa shape index (κ2) is 8.84. The van der Waals surface area contributed by atoms with Gasteiger partial charge in [-0.15, -0.1) is 0 Å². The van der Waals surface area contributed by atoms with E-state index in [2.05, 4.69) is 15.3 Å². The lowest BCUT2D eigenvalue weighted by Gasteiger charge is -2.31. The highest BCUT2D eigenvalue weighted by molar-refractivity contribution is 5.75. The lowest BCUT2D eigenvalue weighted by Crippen LogP contribution is -2.59. The van der Waals surface area contributed by atoms with Gasteiger partial charge in [0.15, 0.2) is 0 Å². The summed E-state index contributed by atoms with van der Waals surface area (Å²) in [6.07, 6.45) is 1.61. The Kier molecular flexibility index (Phi) is 6.52. The van der Waals surface area contributed by atoms with Gasteiger partial charge in [-0.3, -0.25) is 9.20 Å². The molecule has 4 rings (SSSR count). The van der Waals surface area contributed by atoms with Crippen LogP contribution in [0.3, 0.4) is 0 Å². The van der Waals surface area contributed by atoms with E-state index in [1.54, 1.807) is 12.3 Å². The van der Waals surface area contributed by atoms with Gasteiger partial charge in [-0.25, -0.2) is 14.4 Å². The number of fused-ring (bicyclic) bond motifs is 1. The van der Waals surface area contributed by atoms with Crippen LogP contribution in [-0.4, -0.2) is 75.6 Å². The maximum absolute atomic E-state index is 14.1. The Labute approximate surface area is 180 Å². The highest BCUT2D eigenvalue weighted by Crippen LogP contribution is 2.39. The molecule has 32 heavy (non-hydrogen) atoms. The lowest BCUT2D eigenvalue weighted by molar-refractivity contribution is -0.503. The number of aromatic nitrogens is 3. The molecule has 0 atom stereocenters. The first-order chi connectivity index (χ1) is 14.9. The molecule has 13 heteroatoms. The minimum atomic E-state index is -3.47. The van der Waals surface area contributed by atoms with Crippen LogP contribution < -0.4 is 5.32 Å². The van der Waals surface area contributed by atoms with Gasteiger partial charge in [0, 0.05) is 36.9 Å². The average Bonchev–Trinajstić information content (AvgIpc) is 3.47. The molecule has 2 aromatic heterocycles. The normalized spacial score (nSPS) is 14.3. The second-order valence-electron chi connectivity index (χ2n) is 7.21. The molecule has 0 saturated heterocycles. The number of hydrogen-bond acceptors (Lipinski definition) is 10. The fraction of sp³-hybridized carbons (Fsp3) is 0.316. The average molecular weight is 451 g/mol. The fourth-order valence-electron chi connectivity index (χ4n) is 2.74. The van der Waals surface area contributed by atoms with Crippen molar-refractivity contribution in [2.45, 2.75) is 31.0 Å². The van der Waals surface area contributed by atoms with Crippen molar-refractivity contribution < 1.29 is 39.8 Å². The lowest BCUT2D eigenvalue weighted by atomic mass is 10.1. The number of aliphatic hydroxyl groups is 6. The summed E-state index contributed by atoms with van der Waals surface area (Å²) in [6.45, 7) is 0. The van der Waals surface area contributed by atoms with E-state index in [0.29, 0.717) is 42.1 Å². The van der Waals surface area contributed by atoms with Crippen molar-refractivity contribution in [1.82, 2.24) is 19.3 Å². The quantitative estimate of drug-likeness (QED) is 0.183. The maximum atomic E-state index is 14.1. The van der Waals surface area contributed by atoms with Crippen LogP contribution in [-0.2, 0) is 4.79 Å². The summed E-state index contributed by atoms with van der Waals surface area (Å²) in [5.74, 6) is 0.745. The van der Waals surface area contributed by atoms with Crippen molar-refractivity contribution in [3.8, 4) is 11.3 Å². The number of halogens is 1. The molecular formula is C19H22FN5O7. The third-order valence-corrected chi connectivity index (χ3v) is 4.75. The van der Waals surface area contributed by atoms with Gasteiger partial charge in [-0.05, 0) is 42.5 Å². The van der Waals surface area contributed by atoms with Crippen molar-refractivity contribution in [1.29, 1.82) is 0 Å². The van der Waals surface area contributed by atoms with Gasteiger partial charge in [0.1, 0.15) is 5.82 Å². The number of nitrogens with zero attached hydrogens (tertiary/aromatic N) is 4. The highest BCUT2D eigenvalue weighted by atomic mass is 19.1. The minimum absolute atomic E-state index is 0.292. The number of hydrogen-bond donors (Lipinski definition) is 7. The molecule has 1 aromatic carbocycles.